The van der Waals surface area contributed by atoms with Crippen LogP contribution in [0.3, 0.4) is 0 Å². The van der Waals surface area contributed by atoms with E-state index in [1.54, 1.807) is 0 Å². The third kappa shape index (κ3) is 6.75. The molecular weight excluding hydrogens is 836 g/mol. The molecule has 0 fully saturated rings. The van der Waals surface area contributed by atoms with Gasteiger partial charge in [0.15, 0.2) is 0 Å². The predicted molar refractivity (Wildman–Crippen MR) is 297 cm³/mol. The Kier molecular flexibility index (Phi) is 9.82. The summed E-state index contributed by atoms with van der Waals surface area (Å²) in [5, 5.41) is 4.89. The van der Waals surface area contributed by atoms with Gasteiger partial charge in [0.1, 0.15) is 11.2 Å². The molecule has 1 aromatic heterocycles. The maximum absolute atomic E-state index is 7.17. The quantitative estimate of drug-likeness (QED) is 0.155. The molecule has 12 rings (SSSR count). The summed E-state index contributed by atoms with van der Waals surface area (Å²) in [7, 11) is 0. The molecule has 3 heterocycles. The molecule has 1 aliphatic carbocycles. The van der Waals surface area contributed by atoms with E-state index >= 15 is 0 Å². The van der Waals surface area contributed by atoms with Crippen molar-refractivity contribution in [3.05, 3.63) is 172 Å². The summed E-state index contributed by atoms with van der Waals surface area (Å²) in [4.78, 5) is 5.31. The summed E-state index contributed by atoms with van der Waals surface area (Å²) in [6.07, 6.45) is 5.76. The standard InChI is InChI=1S/C65H65BN2O/c1-12-13-19-42-22-29-55(41(4)32-42)67-56-38-59-50(49-35-52-53(37-58(49)69-59)65(10,11)31-30-64(52,8)9)36-54(56)66-61-51(33-44(34-57(61)67)60-39(2)17-16-18-40(60)3)48-28-23-43-20-14-15-21-47(43)62(48)68(66)46-26-24-45(25-27-46)63(5,6)7/h14-18,20-29,32-38H,12-13,19,30-31H2,1-11H3. The Labute approximate surface area is 410 Å². The highest BCUT2D eigenvalue weighted by Gasteiger charge is 2.47. The van der Waals surface area contributed by atoms with Crippen LogP contribution in [0.2, 0.25) is 0 Å². The van der Waals surface area contributed by atoms with Gasteiger partial charge in [-0.15, -0.1) is 0 Å². The third-order valence-corrected chi connectivity index (χ3v) is 16.6. The van der Waals surface area contributed by atoms with Crippen LogP contribution in [-0.4, -0.2) is 6.85 Å². The van der Waals surface area contributed by atoms with Gasteiger partial charge in [0.25, 0.3) is 0 Å². The van der Waals surface area contributed by atoms with Crippen molar-refractivity contribution >= 4 is 78.9 Å². The molecule has 0 bridgehead atoms. The van der Waals surface area contributed by atoms with Gasteiger partial charge in [-0.25, -0.2) is 0 Å². The Morgan fingerprint density at radius 1 is 0.609 bits per heavy atom. The topological polar surface area (TPSA) is 19.6 Å². The third-order valence-electron chi connectivity index (χ3n) is 16.6. The second kappa shape index (κ2) is 15.5. The number of hydrogen-bond donors (Lipinski definition) is 0. The fourth-order valence-electron chi connectivity index (χ4n) is 12.6. The molecule has 9 aromatic rings. The van der Waals surface area contributed by atoms with Crippen LogP contribution < -0.4 is 20.6 Å². The van der Waals surface area contributed by atoms with Gasteiger partial charge in [0, 0.05) is 56.2 Å². The average Bonchev–Trinajstić information content (AvgIpc) is 3.68. The largest absolute Gasteiger partial charge is 0.456 e. The van der Waals surface area contributed by atoms with Gasteiger partial charge in [0.2, 0.25) is 0 Å². The van der Waals surface area contributed by atoms with E-state index < -0.39 is 0 Å². The molecule has 3 nitrogen and oxygen atoms in total. The van der Waals surface area contributed by atoms with Crippen LogP contribution in [0.5, 0.6) is 0 Å². The zero-order valence-electron chi connectivity index (χ0n) is 42.6. The molecule has 0 N–H and O–H groups in total. The van der Waals surface area contributed by atoms with Gasteiger partial charge in [-0.3, -0.25) is 0 Å². The lowest BCUT2D eigenvalue weighted by Gasteiger charge is -2.46. The first-order chi connectivity index (χ1) is 33.0. The minimum Gasteiger partial charge on any atom is -0.456 e. The normalized spacial score (nSPS) is 15.7. The summed E-state index contributed by atoms with van der Waals surface area (Å²) >= 11 is 0. The first kappa shape index (κ1) is 43.7. The lowest BCUT2D eigenvalue weighted by Crippen LogP contribution is -2.61. The van der Waals surface area contributed by atoms with Crippen molar-refractivity contribution in [2.24, 2.45) is 0 Å². The molecule has 69 heavy (non-hydrogen) atoms. The maximum Gasteiger partial charge on any atom is 0.333 e. The molecular formula is C65H65BN2O. The van der Waals surface area contributed by atoms with E-state index in [0.29, 0.717) is 0 Å². The number of anilines is 5. The number of furan rings is 1. The maximum atomic E-state index is 7.17. The van der Waals surface area contributed by atoms with Crippen molar-refractivity contribution in [3.63, 3.8) is 0 Å². The number of nitrogens with zero attached hydrogens (tertiary/aromatic N) is 2. The van der Waals surface area contributed by atoms with Crippen molar-refractivity contribution in [2.45, 2.75) is 125 Å². The Bertz CT molecular complexity index is 3560. The van der Waals surface area contributed by atoms with Crippen LogP contribution in [0.1, 0.15) is 120 Å². The highest BCUT2D eigenvalue weighted by atomic mass is 16.3. The Morgan fingerprint density at radius 2 is 1.30 bits per heavy atom. The van der Waals surface area contributed by atoms with Crippen molar-refractivity contribution in [3.8, 4) is 22.3 Å². The number of unbranched alkanes of at least 4 members (excludes halogenated alkanes) is 1. The minimum absolute atomic E-state index is 0.0215. The molecule has 0 saturated carbocycles. The fraction of sp³-hybridized carbons (Fsp3) is 0.292. The first-order valence-corrected chi connectivity index (χ1v) is 25.6. The summed E-state index contributed by atoms with van der Waals surface area (Å²) in [6.45, 7) is 25.6. The summed E-state index contributed by atoms with van der Waals surface area (Å²) in [5.41, 5.74) is 25.3. The van der Waals surface area contributed by atoms with Crippen molar-refractivity contribution in [1.82, 2.24) is 0 Å². The van der Waals surface area contributed by atoms with E-state index in [0.717, 1.165) is 30.4 Å². The van der Waals surface area contributed by atoms with Crippen LogP contribution in [0.4, 0.5) is 28.4 Å². The van der Waals surface area contributed by atoms with Crippen LogP contribution in [0.15, 0.2) is 138 Å². The first-order valence-electron chi connectivity index (χ1n) is 25.6. The van der Waals surface area contributed by atoms with Gasteiger partial charge in [-0.05, 0) is 177 Å². The monoisotopic (exact) mass is 901 g/mol. The highest BCUT2D eigenvalue weighted by Crippen LogP contribution is 2.53. The van der Waals surface area contributed by atoms with Gasteiger partial charge in [0.05, 0.1) is 0 Å². The minimum atomic E-state index is -0.154. The lowest BCUT2D eigenvalue weighted by molar-refractivity contribution is 0.332. The number of rotatable bonds is 6. The van der Waals surface area contributed by atoms with E-state index in [2.05, 4.69) is 219 Å². The molecule has 0 unspecified atom stereocenters. The summed E-state index contributed by atoms with van der Waals surface area (Å²) in [6, 6.07) is 52.1. The van der Waals surface area contributed by atoms with E-state index in [9.17, 15) is 0 Å². The van der Waals surface area contributed by atoms with Crippen LogP contribution >= 0.6 is 0 Å². The van der Waals surface area contributed by atoms with Crippen molar-refractivity contribution in [2.75, 3.05) is 9.71 Å². The van der Waals surface area contributed by atoms with Gasteiger partial charge in [-0.2, -0.15) is 0 Å². The smallest absolute Gasteiger partial charge is 0.333 e. The SMILES string of the molecule is CCCCc1ccc(N2c3cc4oc5cc6c(cc5c4cc3B3c4c(cc(-c5c(C)cccc5C)cc42)-c2ccc4ccccc4c2N3c2ccc(C(C)(C)C)cc2)C(C)(C)CCC6(C)C)c(C)c1. The Morgan fingerprint density at radius 3 is 2.01 bits per heavy atom. The van der Waals surface area contributed by atoms with Crippen LogP contribution in [0, 0.1) is 20.8 Å². The Balaban J connectivity index is 1.24. The van der Waals surface area contributed by atoms with E-state index in [1.807, 2.05) is 0 Å². The summed E-state index contributed by atoms with van der Waals surface area (Å²) < 4.78 is 7.17. The lowest BCUT2D eigenvalue weighted by atomic mass is 9.43. The second-order valence-electron chi connectivity index (χ2n) is 23.2. The van der Waals surface area contributed by atoms with Crippen molar-refractivity contribution < 1.29 is 4.42 Å². The second-order valence-corrected chi connectivity index (χ2v) is 23.2. The van der Waals surface area contributed by atoms with E-state index in [4.69, 9.17) is 4.42 Å². The van der Waals surface area contributed by atoms with Gasteiger partial charge < -0.3 is 14.1 Å². The summed E-state index contributed by atoms with van der Waals surface area (Å²) in [5.74, 6) is 0. The molecule has 2 aliphatic heterocycles. The highest BCUT2D eigenvalue weighted by molar-refractivity contribution is 6.94. The molecule has 0 spiro atoms. The van der Waals surface area contributed by atoms with Crippen molar-refractivity contribution in [1.29, 1.82) is 0 Å². The molecule has 0 radical (unpaired) electrons. The molecule has 3 aliphatic rings. The van der Waals surface area contributed by atoms with E-state index in [1.165, 1.54) is 135 Å². The predicted octanol–water partition coefficient (Wildman–Crippen LogP) is 17.0. The number of benzene rings is 8. The number of aryl methyl sites for hydroxylation is 4. The molecule has 8 aromatic carbocycles. The van der Waals surface area contributed by atoms with Gasteiger partial charge in [-0.1, -0.05) is 147 Å². The fourth-order valence-corrected chi connectivity index (χ4v) is 12.6. The van der Waals surface area contributed by atoms with E-state index in [-0.39, 0.29) is 23.1 Å². The number of fused-ring (bicyclic) bond motifs is 10. The zero-order chi connectivity index (χ0) is 47.9. The van der Waals surface area contributed by atoms with Gasteiger partial charge >= 0.3 is 6.85 Å². The molecule has 344 valence electrons. The number of hydrogen-bond acceptors (Lipinski definition) is 3. The molecule has 0 saturated heterocycles. The molecule has 0 atom stereocenters. The van der Waals surface area contributed by atoms with Crippen LogP contribution in [-0.2, 0) is 22.7 Å². The average molecular weight is 901 g/mol. The van der Waals surface area contributed by atoms with Crippen LogP contribution in [0.25, 0.3) is 55.0 Å². The Hall–Kier alpha value is -6.52. The molecule has 0 amide bonds. The molecule has 4 heteroatoms. The zero-order valence-corrected chi connectivity index (χ0v) is 42.6.